The van der Waals surface area contributed by atoms with E-state index >= 15 is 0 Å². The number of pyridine rings is 1. The molecule has 0 unspecified atom stereocenters. The van der Waals surface area contributed by atoms with Gasteiger partial charge in [-0.25, -0.2) is 10.4 Å². The average molecular weight is 259 g/mol. The maximum atomic E-state index is 12.3. The number of hydrogen-bond donors (Lipinski definition) is 1. The van der Waals surface area contributed by atoms with E-state index in [1.54, 1.807) is 0 Å². The van der Waals surface area contributed by atoms with Crippen molar-refractivity contribution in [3.8, 4) is 0 Å². The lowest BCUT2D eigenvalue weighted by atomic mass is 10.2. The summed E-state index contributed by atoms with van der Waals surface area (Å²) in [5.74, 6) is 0.767. The zero-order chi connectivity index (χ0) is 13.2. The van der Waals surface area contributed by atoms with Gasteiger partial charge >= 0.3 is 6.18 Å². The Bertz CT molecular complexity index is 385. The van der Waals surface area contributed by atoms with Gasteiger partial charge in [-0.1, -0.05) is 0 Å². The van der Waals surface area contributed by atoms with Crippen molar-refractivity contribution in [2.75, 3.05) is 13.6 Å². The highest BCUT2D eigenvalue weighted by molar-refractivity contribution is 5.16. The highest BCUT2D eigenvalue weighted by Gasteiger charge is 2.30. The maximum absolute atomic E-state index is 12.3. The van der Waals surface area contributed by atoms with Crippen molar-refractivity contribution in [1.29, 1.82) is 0 Å². The summed E-state index contributed by atoms with van der Waals surface area (Å²) in [4.78, 5) is 3.80. The normalized spacial score (nSPS) is 16.3. The molecule has 1 heterocycles. The van der Waals surface area contributed by atoms with Gasteiger partial charge in [0.15, 0.2) is 0 Å². The number of aromatic nitrogens is 1. The lowest BCUT2D eigenvalue weighted by Crippen LogP contribution is -2.35. The summed E-state index contributed by atoms with van der Waals surface area (Å²) in [7, 11) is 1.93. The Labute approximate surface area is 104 Å². The monoisotopic (exact) mass is 259 g/mol. The van der Waals surface area contributed by atoms with Gasteiger partial charge in [0.25, 0.3) is 0 Å². The van der Waals surface area contributed by atoms with E-state index in [0.717, 1.165) is 24.7 Å². The number of rotatable bonds is 5. The smallest absolute Gasteiger partial charge is 0.259 e. The second-order valence-electron chi connectivity index (χ2n) is 4.69. The molecule has 0 bridgehead atoms. The van der Waals surface area contributed by atoms with Gasteiger partial charge in [-0.05, 0) is 30.9 Å². The standard InChI is InChI=1S/C12H16F3N3/c1-18(8-9-2-3-9)17-7-11-5-4-10(6-16-11)12(13,14)15/h4-6,9,17H,2-3,7-8H2,1H3. The SMILES string of the molecule is CN(CC1CC1)NCc1ccc(C(F)(F)F)cn1. The van der Waals surface area contributed by atoms with E-state index in [9.17, 15) is 13.2 Å². The number of nitrogens with zero attached hydrogens (tertiary/aromatic N) is 2. The second kappa shape index (κ2) is 5.24. The quantitative estimate of drug-likeness (QED) is 0.823. The van der Waals surface area contributed by atoms with Crippen LogP contribution in [0, 0.1) is 5.92 Å². The molecule has 100 valence electrons. The lowest BCUT2D eigenvalue weighted by molar-refractivity contribution is -0.137. The summed E-state index contributed by atoms with van der Waals surface area (Å²) in [6.07, 6.45) is -0.908. The van der Waals surface area contributed by atoms with E-state index in [1.807, 2.05) is 12.1 Å². The Kier molecular flexibility index (Phi) is 3.87. The first-order chi connectivity index (χ1) is 8.45. The molecule has 6 heteroatoms. The summed E-state index contributed by atoms with van der Waals surface area (Å²) in [5, 5.41) is 1.97. The largest absolute Gasteiger partial charge is 0.417 e. The van der Waals surface area contributed by atoms with Crippen LogP contribution in [0.4, 0.5) is 13.2 Å². The third-order valence-corrected chi connectivity index (χ3v) is 2.91. The highest BCUT2D eigenvalue weighted by Crippen LogP contribution is 2.29. The number of alkyl halides is 3. The zero-order valence-electron chi connectivity index (χ0n) is 10.2. The number of halogens is 3. The van der Waals surface area contributed by atoms with Crippen LogP contribution in [0.25, 0.3) is 0 Å². The molecular weight excluding hydrogens is 243 g/mol. The third-order valence-electron chi connectivity index (χ3n) is 2.91. The minimum atomic E-state index is -4.32. The van der Waals surface area contributed by atoms with Crippen molar-refractivity contribution in [2.24, 2.45) is 5.92 Å². The molecule has 1 aromatic heterocycles. The van der Waals surface area contributed by atoms with Crippen LogP contribution in [0.15, 0.2) is 18.3 Å². The van der Waals surface area contributed by atoms with Crippen molar-refractivity contribution in [2.45, 2.75) is 25.6 Å². The zero-order valence-corrected chi connectivity index (χ0v) is 10.2. The van der Waals surface area contributed by atoms with Gasteiger partial charge in [0.05, 0.1) is 17.8 Å². The minimum Gasteiger partial charge on any atom is -0.259 e. The summed E-state index contributed by atoms with van der Waals surface area (Å²) >= 11 is 0. The minimum absolute atomic E-state index is 0.446. The Balaban J connectivity index is 1.82. The van der Waals surface area contributed by atoms with Gasteiger partial charge in [0, 0.05) is 19.8 Å². The fourth-order valence-electron chi connectivity index (χ4n) is 1.66. The van der Waals surface area contributed by atoms with Crippen molar-refractivity contribution in [1.82, 2.24) is 15.4 Å². The van der Waals surface area contributed by atoms with Gasteiger partial charge in [-0.15, -0.1) is 0 Å². The number of hydrazine groups is 1. The Hall–Kier alpha value is -1.14. The topological polar surface area (TPSA) is 28.2 Å². The first-order valence-electron chi connectivity index (χ1n) is 5.92. The van der Waals surface area contributed by atoms with E-state index in [4.69, 9.17) is 0 Å². The summed E-state index contributed by atoms with van der Waals surface area (Å²) < 4.78 is 37.0. The molecule has 0 aromatic carbocycles. The molecule has 1 N–H and O–H groups in total. The molecule has 0 saturated heterocycles. The Morgan fingerprint density at radius 3 is 2.61 bits per heavy atom. The molecule has 0 amide bonds. The third kappa shape index (κ3) is 3.96. The molecule has 0 radical (unpaired) electrons. The van der Waals surface area contributed by atoms with Crippen LogP contribution in [0.5, 0.6) is 0 Å². The molecule has 0 spiro atoms. The highest BCUT2D eigenvalue weighted by atomic mass is 19.4. The molecule has 1 fully saturated rings. The van der Waals surface area contributed by atoms with Gasteiger partial charge in [0.2, 0.25) is 0 Å². The molecule has 1 aromatic rings. The summed E-state index contributed by atoms with van der Waals surface area (Å²) in [6, 6.07) is 2.46. The average Bonchev–Trinajstić information content (AvgIpc) is 3.10. The lowest BCUT2D eigenvalue weighted by Gasteiger charge is -2.17. The van der Waals surface area contributed by atoms with E-state index in [2.05, 4.69) is 10.4 Å². The van der Waals surface area contributed by atoms with Gasteiger partial charge in [-0.2, -0.15) is 13.2 Å². The number of hydrogen-bond acceptors (Lipinski definition) is 3. The predicted molar refractivity (Wildman–Crippen MR) is 61.4 cm³/mol. The van der Waals surface area contributed by atoms with Crippen LogP contribution in [0.3, 0.4) is 0 Å². The molecule has 18 heavy (non-hydrogen) atoms. The van der Waals surface area contributed by atoms with Gasteiger partial charge in [0.1, 0.15) is 0 Å². The maximum Gasteiger partial charge on any atom is 0.417 e. The van der Waals surface area contributed by atoms with Crippen LogP contribution in [0.2, 0.25) is 0 Å². The van der Waals surface area contributed by atoms with Crippen LogP contribution in [-0.2, 0) is 12.7 Å². The Morgan fingerprint density at radius 2 is 2.11 bits per heavy atom. The molecule has 0 atom stereocenters. The van der Waals surface area contributed by atoms with Crippen molar-refractivity contribution < 1.29 is 13.2 Å². The van der Waals surface area contributed by atoms with E-state index < -0.39 is 11.7 Å². The summed E-state index contributed by atoms with van der Waals surface area (Å²) in [5.41, 5.74) is 3.01. The number of nitrogens with one attached hydrogen (secondary N) is 1. The first-order valence-corrected chi connectivity index (χ1v) is 5.92. The molecule has 1 saturated carbocycles. The van der Waals surface area contributed by atoms with E-state index in [1.165, 1.54) is 18.9 Å². The predicted octanol–water partition coefficient (Wildman–Crippen LogP) is 2.45. The molecule has 1 aliphatic rings. The Morgan fingerprint density at radius 1 is 1.39 bits per heavy atom. The van der Waals surface area contributed by atoms with Crippen LogP contribution in [-0.4, -0.2) is 23.6 Å². The van der Waals surface area contributed by atoms with Crippen LogP contribution < -0.4 is 5.43 Å². The van der Waals surface area contributed by atoms with Crippen molar-refractivity contribution in [3.05, 3.63) is 29.6 Å². The summed E-state index contributed by atoms with van der Waals surface area (Å²) in [6.45, 7) is 1.42. The molecule has 2 rings (SSSR count). The van der Waals surface area contributed by atoms with Gasteiger partial charge < -0.3 is 0 Å². The van der Waals surface area contributed by atoms with Crippen molar-refractivity contribution >= 4 is 0 Å². The van der Waals surface area contributed by atoms with Crippen LogP contribution in [0.1, 0.15) is 24.1 Å². The fraction of sp³-hybridized carbons (Fsp3) is 0.583. The van der Waals surface area contributed by atoms with Crippen molar-refractivity contribution in [3.63, 3.8) is 0 Å². The fourth-order valence-corrected chi connectivity index (χ4v) is 1.66. The van der Waals surface area contributed by atoms with E-state index in [0.29, 0.717) is 12.2 Å². The molecule has 3 nitrogen and oxygen atoms in total. The van der Waals surface area contributed by atoms with E-state index in [-0.39, 0.29) is 0 Å². The second-order valence-corrected chi connectivity index (χ2v) is 4.69. The van der Waals surface area contributed by atoms with Gasteiger partial charge in [-0.3, -0.25) is 4.98 Å². The van der Waals surface area contributed by atoms with Crippen LogP contribution >= 0.6 is 0 Å². The molecule has 0 aliphatic heterocycles. The first kappa shape index (κ1) is 13.3. The molecule has 1 aliphatic carbocycles. The molecular formula is C12H16F3N3.